The SMILES string of the molecule is CCO[Si](OCC)(OCC)c1cccc(Cl)c1Cl. The van der Waals surface area contributed by atoms with E-state index >= 15 is 0 Å². The number of hydrogen-bond donors (Lipinski definition) is 0. The van der Waals surface area contributed by atoms with Gasteiger partial charge in [-0.2, -0.15) is 0 Å². The third-order valence-electron chi connectivity index (χ3n) is 2.28. The van der Waals surface area contributed by atoms with Crippen LogP contribution in [0.2, 0.25) is 10.0 Å². The summed E-state index contributed by atoms with van der Waals surface area (Å²) in [7, 11) is -2.96. The topological polar surface area (TPSA) is 27.7 Å². The second-order valence-corrected chi connectivity index (χ2v) is 6.76. The van der Waals surface area contributed by atoms with Crippen molar-refractivity contribution < 1.29 is 13.3 Å². The quantitative estimate of drug-likeness (QED) is 0.724. The van der Waals surface area contributed by atoms with Crippen molar-refractivity contribution in [2.24, 2.45) is 0 Å². The van der Waals surface area contributed by atoms with Crippen LogP contribution in [0.3, 0.4) is 0 Å². The third-order valence-corrected chi connectivity index (χ3v) is 6.34. The number of halogens is 2. The molecule has 0 atom stereocenters. The lowest BCUT2D eigenvalue weighted by Gasteiger charge is -2.29. The molecule has 0 heterocycles. The summed E-state index contributed by atoms with van der Waals surface area (Å²) < 4.78 is 17.4. The largest absolute Gasteiger partial charge is 0.538 e. The monoisotopic (exact) mass is 308 g/mol. The molecule has 0 spiro atoms. The predicted octanol–water partition coefficient (Wildman–Crippen LogP) is 3.25. The summed E-state index contributed by atoms with van der Waals surface area (Å²) in [6.45, 7) is 7.19. The van der Waals surface area contributed by atoms with E-state index in [1.165, 1.54) is 0 Å². The van der Waals surface area contributed by atoms with Crippen molar-refractivity contribution >= 4 is 37.2 Å². The molecule has 0 aliphatic carbocycles. The molecule has 1 rings (SSSR count). The van der Waals surface area contributed by atoms with Crippen molar-refractivity contribution in [1.82, 2.24) is 0 Å². The Labute approximate surface area is 119 Å². The van der Waals surface area contributed by atoms with E-state index < -0.39 is 8.80 Å². The van der Waals surface area contributed by atoms with Crippen molar-refractivity contribution in [3.05, 3.63) is 28.2 Å². The molecule has 0 N–H and O–H groups in total. The van der Waals surface area contributed by atoms with E-state index in [0.29, 0.717) is 29.9 Å². The zero-order chi connectivity index (χ0) is 13.6. The van der Waals surface area contributed by atoms with Gasteiger partial charge in [-0.1, -0.05) is 35.3 Å². The van der Waals surface area contributed by atoms with E-state index in [1.807, 2.05) is 32.9 Å². The second-order valence-electron chi connectivity index (χ2n) is 3.46. The average Bonchev–Trinajstić information content (AvgIpc) is 2.33. The highest BCUT2D eigenvalue weighted by molar-refractivity contribution is 6.78. The highest BCUT2D eigenvalue weighted by Crippen LogP contribution is 2.23. The van der Waals surface area contributed by atoms with Crippen molar-refractivity contribution in [2.45, 2.75) is 20.8 Å². The fraction of sp³-hybridized carbons (Fsp3) is 0.500. The molecule has 0 unspecified atom stereocenters. The molecule has 0 saturated heterocycles. The summed E-state index contributed by atoms with van der Waals surface area (Å²) in [4.78, 5) is 0. The molecule has 0 amide bonds. The Bertz CT molecular complexity index is 371. The van der Waals surface area contributed by atoms with Crippen molar-refractivity contribution in [1.29, 1.82) is 0 Å². The summed E-state index contributed by atoms with van der Waals surface area (Å²) in [6.07, 6.45) is 0. The Morgan fingerprint density at radius 2 is 1.44 bits per heavy atom. The normalized spacial score (nSPS) is 11.8. The summed E-state index contributed by atoms with van der Waals surface area (Å²) in [6, 6.07) is 5.40. The fourth-order valence-corrected chi connectivity index (χ4v) is 4.96. The molecule has 1 aromatic rings. The second kappa shape index (κ2) is 7.48. The number of hydrogen-bond acceptors (Lipinski definition) is 3. The lowest BCUT2D eigenvalue weighted by Crippen LogP contribution is -2.57. The Hall–Kier alpha value is -0.103. The van der Waals surface area contributed by atoms with Crippen LogP contribution in [0.1, 0.15) is 20.8 Å². The molecule has 3 nitrogen and oxygen atoms in total. The maximum atomic E-state index is 6.25. The lowest BCUT2D eigenvalue weighted by atomic mass is 10.4. The molecule has 0 fully saturated rings. The zero-order valence-corrected chi connectivity index (χ0v) is 13.3. The number of rotatable bonds is 7. The van der Waals surface area contributed by atoms with Gasteiger partial charge in [0.25, 0.3) is 0 Å². The molecule has 1 aromatic carbocycles. The van der Waals surface area contributed by atoms with Gasteiger partial charge in [-0.3, -0.25) is 0 Å². The highest BCUT2D eigenvalue weighted by atomic mass is 35.5. The Morgan fingerprint density at radius 1 is 0.944 bits per heavy atom. The summed E-state index contributed by atoms with van der Waals surface area (Å²) >= 11 is 12.3. The first-order valence-electron chi connectivity index (χ1n) is 5.97. The van der Waals surface area contributed by atoms with E-state index in [-0.39, 0.29) is 0 Å². The van der Waals surface area contributed by atoms with Gasteiger partial charge in [0.1, 0.15) is 0 Å². The fourth-order valence-electron chi connectivity index (χ4n) is 1.67. The van der Waals surface area contributed by atoms with Crippen LogP contribution in [0.4, 0.5) is 0 Å². The third kappa shape index (κ3) is 3.47. The Morgan fingerprint density at radius 3 is 1.89 bits per heavy atom. The van der Waals surface area contributed by atoms with Crippen LogP contribution in [0.15, 0.2) is 18.2 Å². The van der Waals surface area contributed by atoms with Crippen LogP contribution >= 0.6 is 23.2 Å². The molecule has 18 heavy (non-hydrogen) atoms. The standard InChI is InChI=1S/C12H18Cl2O3Si/c1-4-15-18(16-5-2,17-6-3)11-9-7-8-10(13)12(11)14/h7-9H,4-6H2,1-3H3. The van der Waals surface area contributed by atoms with E-state index in [0.717, 1.165) is 5.19 Å². The molecule has 0 bridgehead atoms. The first kappa shape index (κ1) is 16.0. The van der Waals surface area contributed by atoms with Crippen LogP contribution in [-0.4, -0.2) is 28.6 Å². The first-order valence-corrected chi connectivity index (χ1v) is 8.45. The van der Waals surface area contributed by atoms with Gasteiger partial charge in [0.05, 0.1) is 10.0 Å². The lowest BCUT2D eigenvalue weighted by molar-refractivity contribution is 0.0859. The molecule has 0 radical (unpaired) electrons. The molecule has 0 aliphatic rings. The van der Waals surface area contributed by atoms with Gasteiger partial charge < -0.3 is 13.3 Å². The Kier molecular flexibility index (Phi) is 6.63. The van der Waals surface area contributed by atoms with Gasteiger partial charge in [-0.05, 0) is 26.8 Å². The summed E-state index contributed by atoms with van der Waals surface area (Å²) in [5.74, 6) is 0. The molecule has 6 heteroatoms. The average molecular weight is 309 g/mol. The molecule has 0 aromatic heterocycles. The van der Waals surface area contributed by atoms with Crippen molar-refractivity contribution in [3.8, 4) is 0 Å². The van der Waals surface area contributed by atoms with Crippen LogP contribution in [0, 0.1) is 0 Å². The van der Waals surface area contributed by atoms with Gasteiger partial charge in [0.2, 0.25) is 0 Å². The van der Waals surface area contributed by atoms with Crippen LogP contribution in [0.25, 0.3) is 0 Å². The van der Waals surface area contributed by atoms with Gasteiger partial charge in [0.15, 0.2) is 0 Å². The highest BCUT2D eigenvalue weighted by Gasteiger charge is 2.45. The maximum Gasteiger partial charge on any atom is 0.538 e. The smallest absolute Gasteiger partial charge is 0.370 e. The minimum atomic E-state index is -2.96. The maximum absolute atomic E-state index is 6.25. The summed E-state index contributed by atoms with van der Waals surface area (Å²) in [5, 5.41) is 1.65. The van der Waals surface area contributed by atoms with E-state index in [9.17, 15) is 0 Å². The number of benzene rings is 1. The van der Waals surface area contributed by atoms with Crippen LogP contribution < -0.4 is 5.19 Å². The van der Waals surface area contributed by atoms with Gasteiger partial charge in [-0.15, -0.1) is 0 Å². The minimum Gasteiger partial charge on any atom is -0.370 e. The molecule has 0 saturated carbocycles. The van der Waals surface area contributed by atoms with Crippen molar-refractivity contribution in [2.75, 3.05) is 19.8 Å². The van der Waals surface area contributed by atoms with E-state index in [2.05, 4.69) is 0 Å². The first-order chi connectivity index (χ1) is 8.61. The van der Waals surface area contributed by atoms with Crippen LogP contribution in [-0.2, 0) is 13.3 Å². The van der Waals surface area contributed by atoms with Gasteiger partial charge >= 0.3 is 8.80 Å². The van der Waals surface area contributed by atoms with E-state index in [1.54, 1.807) is 6.07 Å². The molecule has 102 valence electrons. The van der Waals surface area contributed by atoms with Crippen LogP contribution in [0.5, 0.6) is 0 Å². The van der Waals surface area contributed by atoms with Gasteiger partial charge in [-0.25, -0.2) is 0 Å². The zero-order valence-electron chi connectivity index (χ0n) is 10.8. The molecule has 0 aliphatic heterocycles. The Balaban J connectivity index is 3.25. The predicted molar refractivity (Wildman–Crippen MR) is 76.7 cm³/mol. The molecular formula is C12H18Cl2O3Si. The summed E-state index contributed by atoms with van der Waals surface area (Å²) in [5.41, 5.74) is 0. The van der Waals surface area contributed by atoms with Gasteiger partial charge in [0, 0.05) is 25.0 Å². The minimum absolute atomic E-state index is 0.446. The molecular weight excluding hydrogens is 291 g/mol. The van der Waals surface area contributed by atoms with Crippen molar-refractivity contribution in [3.63, 3.8) is 0 Å². The van der Waals surface area contributed by atoms with E-state index in [4.69, 9.17) is 36.5 Å².